The van der Waals surface area contributed by atoms with Crippen LogP contribution in [0.2, 0.25) is 0 Å². The van der Waals surface area contributed by atoms with E-state index in [0.717, 1.165) is 19.0 Å². The molecule has 1 aromatic rings. The molecule has 0 aromatic heterocycles. The van der Waals surface area contributed by atoms with Crippen molar-refractivity contribution in [1.29, 1.82) is 0 Å². The van der Waals surface area contributed by atoms with E-state index in [4.69, 9.17) is 0 Å². The van der Waals surface area contributed by atoms with Crippen LogP contribution in [0.25, 0.3) is 0 Å². The molecule has 0 saturated carbocycles. The third kappa shape index (κ3) is 2.86. The Hall–Kier alpha value is -1.02. The summed E-state index contributed by atoms with van der Waals surface area (Å²) in [5.41, 5.74) is 5.70. The van der Waals surface area contributed by atoms with Gasteiger partial charge in [0, 0.05) is 18.8 Å². The van der Waals surface area contributed by atoms with Gasteiger partial charge in [-0.3, -0.25) is 0 Å². The molecule has 0 bridgehead atoms. The minimum atomic E-state index is 0.810. The molecule has 100 valence electrons. The van der Waals surface area contributed by atoms with Gasteiger partial charge in [-0.05, 0) is 57.3 Å². The number of benzene rings is 1. The highest BCUT2D eigenvalue weighted by Crippen LogP contribution is 2.30. The topological polar surface area (TPSA) is 15.3 Å². The molecule has 2 heteroatoms. The van der Waals surface area contributed by atoms with Crippen LogP contribution in [0.1, 0.15) is 30.0 Å². The molecule has 1 aliphatic rings. The molecule has 2 nitrogen and oxygen atoms in total. The van der Waals surface area contributed by atoms with Crippen LogP contribution in [0.15, 0.2) is 12.1 Å². The highest BCUT2D eigenvalue weighted by molar-refractivity contribution is 5.60. The second-order valence-electron chi connectivity index (χ2n) is 5.66. The first-order chi connectivity index (χ1) is 8.61. The summed E-state index contributed by atoms with van der Waals surface area (Å²) in [6, 6.07) is 4.61. The van der Waals surface area contributed by atoms with Gasteiger partial charge < -0.3 is 10.2 Å². The molecular weight excluding hydrogens is 220 g/mol. The van der Waals surface area contributed by atoms with Crippen molar-refractivity contribution in [3.8, 4) is 0 Å². The highest BCUT2D eigenvalue weighted by atomic mass is 15.2. The molecule has 1 aromatic carbocycles. The van der Waals surface area contributed by atoms with Crippen molar-refractivity contribution in [2.24, 2.45) is 5.92 Å². The maximum atomic E-state index is 3.47. The van der Waals surface area contributed by atoms with Gasteiger partial charge in [-0.15, -0.1) is 0 Å². The normalized spacial score (nSPS) is 19.6. The zero-order valence-corrected chi connectivity index (χ0v) is 12.2. The molecule has 1 fully saturated rings. The quantitative estimate of drug-likeness (QED) is 0.878. The lowest BCUT2D eigenvalue weighted by Crippen LogP contribution is -2.27. The first kappa shape index (κ1) is 13.4. The standard InChI is InChI=1S/C16H26N2/c1-5-17-10-15-6-7-18(11-15)16-13(3)8-12(2)9-14(16)4/h8-9,15,17H,5-7,10-11H2,1-4H3. The first-order valence-electron chi connectivity index (χ1n) is 7.15. The summed E-state index contributed by atoms with van der Waals surface area (Å²) in [4.78, 5) is 2.58. The van der Waals surface area contributed by atoms with Crippen molar-refractivity contribution in [2.75, 3.05) is 31.1 Å². The fraction of sp³-hybridized carbons (Fsp3) is 0.625. The average molecular weight is 246 g/mol. The van der Waals surface area contributed by atoms with Crippen LogP contribution in [0.5, 0.6) is 0 Å². The van der Waals surface area contributed by atoms with Crippen molar-refractivity contribution in [1.82, 2.24) is 5.32 Å². The van der Waals surface area contributed by atoms with Gasteiger partial charge in [-0.1, -0.05) is 24.6 Å². The van der Waals surface area contributed by atoms with E-state index >= 15 is 0 Å². The summed E-state index contributed by atoms with van der Waals surface area (Å²) >= 11 is 0. The van der Waals surface area contributed by atoms with E-state index in [-0.39, 0.29) is 0 Å². The fourth-order valence-electron chi connectivity index (χ4n) is 3.22. The molecule has 1 heterocycles. The number of nitrogens with one attached hydrogen (secondary N) is 1. The van der Waals surface area contributed by atoms with Gasteiger partial charge in [0.1, 0.15) is 0 Å². The van der Waals surface area contributed by atoms with Crippen LogP contribution in [0, 0.1) is 26.7 Å². The number of aryl methyl sites for hydroxylation is 3. The second-order valence-corrected chi connectivity index (χ2v) is 5.66. The SMILES string of the molecule is CCNCC1CCN(c2c(C)cc(C)cc2C)C1. The largest absolute Gasteiger partial charge is 0.371 e. The molecule has 18 heavy (non-hydrogen) atoms. The van der Waals surface area contributed by atoms with E-state index in [9.17, 15) is 0 Å². The minimum absolute atomic E-state index is 0.810. The van der Waals surface area contributed by atoms with Crippen LogP contribution in [-0.2, 0) is 0 Å². The Morgan fingerprint density at radius 2 is 1.89 bits per heavy atom. The summed E-state index contributed by atoms with van der Waals surface area (Å²) in [7, 11) is 0. The molecule has 1 N–H and O–H groups in total. The molecule has 1 unspecified atom stereocenters. The van der Waals surface area contributed by atoms with Crippen LogP contribution in [0.3, 0.4) is 0 Å². The van der Waals surface area contributed by atoms with E-state index in [1.165, 1.54) is 41.9 Å². The smallest absolute Gasteiger partial charge is 0.0425 e. The number of hydrogen-bond donors (Lipinski definition) is 1. The Bertz CT molecular complexity index is 389. The minimum Gasteiger partial charge on any atom is -0.371 e. The molecular formula is C16H26N2. The van der Waals surface area contributed by atoms with Crippen molar-refractivity contribution >= 4 is 5.69 Å². The summed E-state index contributed by atoms with van der Waals surface area (Å²) in [5.74, 6) is 0.810. The van der Waals surface area contributed by atoms with Gasteiger partial charge in [0.05, 0.1) is 0 Å². The number of hydrogen-bond acceptors (Lipinski definition) is 2. The van der Waals surface area contributed by atoms with E-state index in [1.54, 1.807) is 0 Å². The molecule has 0 aliphatic carbocycles. The molecule has 1 saturated heterocycles. The lowest BCUT2D eigenvalue weighted by molar-refractivity contribution is 0.527. The van der Waals surface area contributed by atoms with E-state index in [1.807, 2.05) is 0 Å². The van der Waals surface area contributed by atoms with Crippen molar-refractivity contribution in [3.05, 3.63) is 28.8 Å². The maximum absolute atomic E-state index is 3.47. The third-order valence-corrected chi connectivity index (χ3v) is 3.92. The predicted molar refractivity (Wildman–Crippen MR) is 79.5 cm³/mol. The van der Waals surface area contributed by atoms with E-state index in [0.29, 0.717) is 0 Å². The van der Waals surface area contributed by atoms with Crippen LogP contribution < -0.4 is 10.2 Å². The predicted octanol–water partition coefficient (Wildman–Crippen LogP) is 3.05. The fourth-order valence-corrected chi connectivity index (χ4v) is 3.22. The molecule has 2 rings (SSSR count). The average Bonchev–Trinajstić information content (AvgIpc) is 2.73. The Labute approximate surface area is 111 Å². The first-order valence-corrected chi connectivity index (χ1v) is 7.15. The number of nitrogens with zero attached hydrogens (tertiary/aromatic N) is 1. The monoisotopic (exact) mass is 246 g/mol. The van der Waals surface area contributed by atoms with Crippen LogP contribution in [0.4, 0.5) is 5.69 Å². The summed E-state index contributed by atoms with van der Waals surface area (Å²) < 4.78 is 0. The lowest BCUT2D eigenvalue weighted by atomic mass is 10.0. The van der Waals surface area contributed by atoms with Crippen molar-refractivity contribution in [2.45, 2.75) is 34.1 Å². The van der Waals surface area contributed by atoms with Gasteiger partial charge in [-0.25, -0.2) is 0 Å². The van der Waals surface area contributed by atoms with Gasteiger partial charge in [-0.2, -0.15) is 0 Å². The molecule has 0 spiro atoms. The lowest BCUT2D eigenvalue weighted by Gasteiger charge is -2.24. The maximum Gasteiger partial charge on any atom is 0.0425 e. The zero-order valence-electron chi connectivity index (χ0n) is 12.2. The zero-order chi connectivity index (χ0) is 13.1. The highest BCUT2D eigenvalue weighted by Gasteiger charge is 2.24. The summed E-state index contributed by atoms with van der Waals surface area (Å²) in [6.07, 6.45) is 1.32. The second kappa shape index (κ2) is 5.75. The number of anilines is 1. The van der Waals surface area contributed by atoms with Crippen LogP contribution in [-0.4, -0.2) is 26.2 Å². The van der Waals surface area contributed by atoms with Gasteiger partial charge in [0.15, 0.2) is 0 Å². The van der Waals surface area contributed by atoms with Gasteiger partial charge in [0.25, 0.3) is 0 Å². The van der Waals surface area contributed by atoms with E-state index < -0.39 is 0 Å². The van der Waals surface area contributed by atoms with E-state index in [2.05, 4.69) is 50.0 Å². The molecule has 1 aliphatic heterocycles. The van der Waals surface area contributed by atoms with Crippen molar-refractivity contribution in [3.63, 3.8) is 0 Å². The van der Waals surface area contributed by atoms with Gasteiger partial charge >= 0.3 is 0 Å². The molecule has 1 atom stereocenters. The number of rotatable bonds is 4. The summed E-state index contributed by atoms with van der Waals surface area (Å²) in [6.45, 7) is 13.5. The Morgan fingerprint density at radius 3 is 2.50 bits per heavy atom. The molecule has 0 amide bonds. The van der Waals surface area contributed by atoms with Gasteiger partial charge in [0.2, 0.25) is 0 Å². The summed E-state index contributed by atoms with van der Waals surface area (Å²) in [5, 5.41) is 3.47. The molecule has 0 radical (unpaired) electrons. The van der Waals surface area contributed by atoms with Crippen LogP contribution >= 0.6 is 0 Å². The van der Waals surface area contributed by atoms with Crippen molar-refractivity contribution < 1.29 is 0 Å². The Kier molecular flexibility index (Phi) is 4.28. The Morgan fingerprint density at radius 1 is 1.22 bits per heavy atom. The Balaban J connectivity index is 2.09. The third-order valence-electron chi connectivity index (χ3n) is 3.92.